The molecule has 0 radical (unpaired) electrons. The summed E-state index contributed by atoms with van der Waals surface area (Å²) < 4.78 is 55.6. The molecule has 0 atom stereocenters. The Kier molecular flexibility index (Phi) is 5.57. The van der Waals surface area contributed by atoms with E-state index in [1.54, 1.807) is 25.1 Å². The summed E-state index contributed by atoms with van der Waals surface area (Å²) in [5.74, 6) is -8.85. The van der Waals surface area contributed by atoms with Crippen LogP contribution < -0.4 is 10.6 Å². The van der Waals surface area contributed by atoms with Crippen LogP contribution in [-0.2, 0) is 4.79 Å². The molecule has 3 rings (SSSR count). The number of amides is 2. The third-order valence-electron chi connectivity index (χ3n) is 3.68. The lowest BCUT2D eigenvalue weighted by molar-refractivity contribution is -0.115. The largest absolute Gasteiger partial charge is 0.326 e. The number of thiol groups is 1. The molecule has 2 amide bonds. The third-order valence-corrected chi connectivity index (χ3v) is 5.01. The molecule has 0 aliphatic heterocycles. The topological polar surface area (TPSA) is 71.1 Å². The minimum Gasteiger partial charge on any atom is -0.326 e. The number of nitrogens with one attached hydrogen (secondary N) is 2. The summed E-state index contributed by atoms with van der Waals surface area (Å²) in [4.78, 5) is 26.5. The molecule has 2 aromatic carbocycles. The van der Waals surface area contributed by atoms with Gasteiger partial charge in [-0.25, -0.2) is 22.5 Å². The molecule has 1 aromatic heterocycles. The lowest BCUT2D eigenvalue weighted by Gasteiger charge is -2.08. The summed E-state index contributed by atoms with van der Waals surface area (Å²) >= 11 is 4.29. The number of fused-ring (bicyclic) bond motifs is 1. The van der Waals surface area contributed by atoms with E-state index in [0.29, 0.717) is 15.9 Å². The number of thiazole rings is 1. The van der Waals surface area contributed by atoms with E-state index in [0.717, 1.165) is 11.3 Å². The van der Waals surface area contributed by atoms with Crippen LogP contribution in [0, 0.1) is 23.3 Å². The Morgan fingerprint density at radius 3 is 2.32 bits per heavy atom. The fraction of sp³-hybridized carbons (Fsp3) is 0.118. The van der Waals surface area contributed by atoms with Crippen LogP contribution in [0.3, 0.4) is 0 Å². The first-order valence-corrected chi connectivity index (χ1v) is 9.06. The van der Waals surface area contributed by atoms with Crippen LogP contribution in [0.15, 0.2) is 23.1 Å². The molecule has 0 bridgehead atoms. The second-order valence-corrected chi connectivity index (χ2v) is 7.01. The molecule has 1 heterocycles. The minimum absolute atomic E-state index is 0.0477. The molecule has 5 nitrogen and oxygen atoms in total. The van der Waals surface area contributed by atoms with Crippen molar-refractivity contribution < 1.29 is 27.2 Å². The molecule has 0 fully saturated rings. The van der Waals surface area contributed by atoms with Crippen molar-refractivity contribution in [2.75, 3.05) is 10.6 Å². The third kappa shape index (κ3) is 3.67. The smallest absolute Gasteiger partial charge is 0.263 e. The van der Waals surface area contributed by atoms with Crippen LogP contribution in [0.4, 0.5) is 28.4 Å². The van der Waals surface area contributed by atoms with Crippen LogP contribution in [0.25, 0.3) is 10.2 Å². The predicted octanol–water partition coefficient (Wildman–Crippen LogP) is 4.74. The Bertz CT molecular complexity index is 1090. The van der Waals surface area contributed by atoms with Gasteiger partial charge in [-0.15, -0.1) is 12.6 Å². The van der Waals surface area contributed by atoms with Crippen LogP contribution in [0.5, 0.6) is 0 Å². The highest BCUT2D eigenvalue weighted by atomic mass is 32.1. The lowest BCUT2D eigenvalue weighted by atomic mass is 10.1. The second-order valence-electron chi connectivity index (χ2n) is 5.54. The molecule has 11 heteroatoms. The normalized spacial score (nSPS) is 10.9. The SMILES string of the molecule is CCC(=O)Nc1ccc2nc(NC(=O)c3c(F)c(F)c(S)c(F)c3F)sc2c1. The zero-order valence-electron chi connectivity index (χ0n) is 14.1. The standard InChI is InChI=1S/C17H11F4N3O2S2/c1-2-9(25)22-6-3-4-7-8(5-6)28-17(23-7)24-16(26)10-11(18)13(20)15(27)14(21)12(10)19/h3-5,27H,2H2,1H3,(H,22,25)(H,23,24,26). The monoisotopic (exact) mass is 429 g/mol. The van der Waals surface area contributed by atoms with Crippen molar-refractivity contribution >= 4 is 56.8 Å². The van der Waals surface area contributed by atoms with Gasteiger partial charge in [0.05, 0.1) is 15.1 Å². The molecule has 28 heavy (non-hydrogen) atoms. The predicted molar refractivity (Wildman–Crippen MR) is 100 cm³/mol. The molecular formula is C17H11F4N3O2S2. The van der Waals surface area contributed by atoms with Gasteiger partial charge < -0.3 is 5.32 Å². The Labute approximate surface area is 165 Å². The van der Waals surface area contributed by atoms with Gasteiger partial charge in [0.2, 0.25) is 5.91 Å². The average Bonchev–Trinajstić information content (AvgIpc) is 3.06. The Balaban J connectivity index is 1.91. The highest BCUT2D eigenvalue weighted by molar-refractivity contribution is 7.80. The van der Waals surface area contributed by atoms with Gasteiger partial charge in [-0.3, -0.25) is 14.9 Å². The van der Waals surface area contributed by atoms with Crippen molar-refractivity contribution in [1.82, 2.24) is 4.98 Å². The Hall–Kier alpha value is -2.66. The molecule has 0 saturated carbocycles. The average molecular weight is 429 g/mol. The van der Waals surface area contributed by atoms with Crippen molar-refractivity contribution in [2.24, 2.45) is 0 Å². The van der Waals surface area contributed by atoms with Crippen LogP contribution in [0.2, 0.25) is 0 Å². The first kappa shape index (κ1) is 20.1. The van der Waals surface area contributed by atoms with Crippen LogP contribution in [0.1, 0.15) is 23.7 Å². The van der Waals surface area contributed by atoms with Gasteiger partial charge in [-0.05, 0) is 18.2 Å². The van der Waals surface area contributed by atoms with E-state index in [1.807, 2.05) is 0 Å². The fourth-order valence-corrected chi connectivity index (χ4v) is 3.38. The summed E-state index contributed by atoms with van der Waals surface area (Å²) in [6, 6.07) is 4.77. The maximum atomic E-state index is 13.9. The van der Waals surface area contributed by atoms with Crippen molar-refractivity contribution in [3.05, 3.63) is 47.0 Å². The summed E-state index contributed by atoms with van der Waals surface area (Å²) in [5, 5.41) is 4.72. The quantitative estimate of drug-likeness (QED) is 0.319. The van der Waals surface area contributed by atoms with Gasteiger partial charge >= 0.3 is 0 Å². The number of nitrogens with zero attached hydrogens (tertiary/aromatic N) is 1. The maximum absolute atomic E-state index is 13.9. The number of rotatable bonds is 4. The van der Waals surface area contributed by atoms with Crippen LogP contribution >= 0.6 is 24.0 Å². The van der Waals surface area contributed by atoms with E-state index in [1.165, 1.54) is 0 Å². The van der Waals surface area contributed by atoms with Gasteiger partial charge in [0.15, 0.2) is 28.4 Å². The Morgan fingerprint density at radius 2 is 1.71 bits per heavy atom. The number of benzene rings is 2. The molecule has 0 aliphatic rings. The number of carbonyl (C=O) groups excluding carboxylic acids is 2. The van der Waals surface area contributed by atoms with E-state index in [-0.39, 0.29) is 17.5 Å². The molecule has 3 aromatic rings. The van der Waals surface area contributed by atoms with E-state index >= 15 is 0 Å². The zero-order valence-corrected chi connectivity index (χ0v) is 15.8. The first-order valence-electron chi connectivity index (χ1n) is 7.79. The van der Waals surface area contributed by atoms with Crippen molar-refractivity contribution in [2.45, 2.75) is 18.2 Å². The lowest BCUT2D eigenvalue weighted by Crippen LogP contribution is -2.18. The van der Waals surface area contributed by atoms with Gasteiger partial charge in [0.1, 0.15) is 5.56 Å². The number of anilines is 2. The highest BCUT2D eigenvalue weighted by Crippen LogP contribution is 2.30. The van der Waals surface area contributed by atoms with Gasteiger partial charge in [-0.1, -0.05) is 18.3 Å². The molecule has 0 aliphatic carbocycles. The maximum Gasteiger partial charge on any atom is 0.263 e. The van der Waals surface area contributed by atoms with E-state index in [4.69, 9.17) is 0 Å². The Morgan fingerprint density at radius 1 is 1.07 bits per heavy atom. The summed E-state index contributed by atoms with van der Waals surface area (Å²) in [5.41, 5.74) is -0.465. The molecule has 0 saturated heterocycles. The van der Waals surface area contributed by atoms with E-state index < -0.39 is 39.6 Å². The van der Waals surface area contributed by atoms with Crippen LogP contribution in [-0.4, -0.2) is 16.8 Å². The van der Waals surface area contributed by atoms with Gasteiger partial charge in [0, 0.05) is 12.1 Å². The summed E-state index contributed by atoms with van der Waals surface area (Å²) in [6.07, 6.45) is 0.289. The molecule has 0 spiro atoms. The summed E-state index contributed by atoms with van der Waals surface area (Å²) in [7, 11) is 0. The second kappa shape index (κ2) is 7.76. The van der Waals surface area contributed by atoms with Crippen molar-refractivity contribution in [3.63, 3.8) is 0 Å². The summed E-state index contributed by atoms with van der Waals surface area (Å²) in [6.45, 7) is 1.69. The molecule has 0 unspecified atom stereocenters. The number of hydrogen-bond donors (Lipinski definition) is 3. The van der Waals surface area contributed by atoms with Crippen molar-refractivity contribution in [1.29, 1.82) is 0 Å². The highest BCUT2D eigenvalue weighted by Gasteiger charge is 2.28. The fourth-order valence-electron chi connectivity index (χ4n) is 2.28. The van der Waals surface area contributed by atoms with E-state index in [9.17, 15) is 27.2 Å². The van der Waals surface area contributed by atoms with E-state index in [2.05, 4.69) is 28.2 Å². The number of halogens is 4. The number of aromatic nitrogens is 1. The first-order chi connectivity index (χ1) is 13.2. The van der Waals surface area contributed by atoms with Gasteiger partial charge in [0.25, 0.3) is 5.91 Å². The van der Waals surface area contributed by atoms with Gasteiger partial charge in [-0.2, -0.15) is 0 Å². The molecule has 2 N–H and O–H groups in total. The number of carbonyl (C=O) groups is 2. The van der Waals surface area contributed by atoms with Crippen molar-refractivity contribution in [3.8, 4) is 0 Å². The molecular weight excluding hydrogens is 418 g/mol. The minimum atomic E-state index is -1.85. The molecule has 146 valence electrons. The zero-order chi connectivity index (χ0) is 20.6. The number of hydrogen-bond acceptors (Lipinski definition) is 5.